The SMILES string of the molecule is CCC(C)(C)NC(=O)c1cc(C)c(Cl)c(S(=O)(=O)Cl)c1. The zero-order valence-electron chi connectivity index (χ0n) is 11.8. The molecular weight excluding hydrogens is 321 g/mol. The van der Waals surface area contributed by atoms with Crippen molar-refractivity contribution in [2.75, 3.05) is 0 Å². The molecule has 0 atom stereocenters. The Bertz CT molecular complexity index is 639. The van der Waals surface area contributed by atoms with Crippen LogP contribution in [0.15, 0.2) is 17.0 Å². The van der Waals surface area contributed by atoms with Gasteiger partial charge in [-0.05, 0) is 44.9 Å². The fraction of sp³-hybridized carbons (Fsp3) is 0.462. The Balaban J connectivity index is 3.28. The van der Waals surface area contributed by atoms with Crippen molar-refractivity contribution in [3.63, 3.8) is 0 Å². The van der Waals surface area contributed by atoms with E-state index in [4.69, 9.17) is 22.3 Å². The minimum atomic E-state index is -4.00. The van der Waals surface area contributed by atoms with Crippen molar-refractivity contribution >= 4 is 37.2 Å². The van der Waals surface area contributed by atoms with Crippen LogP contribution < -0.4 is 5.32 Å². The average Bonchev–Trinajstić information content (AvgIpc) is 2.30. The maximum absolute atomic E-state index is 12.2. The minimum Gasteiger partial charge on any atom is -0.347 e. The second-order valence-corrected chi connectivity index (χ2v) is 8.15. The minimum absolute atomic E-state index is 0.0336. The first-order valence-electron chi connectivity index (χ1n) is 6.05. The van der Waals surface area contributed by atoms with Crippen LogP contribution in [-0.2, 0) is 9.05 Å². The van der Waals surface area contributed by atoms with Crippen LogP contribution in [0.5, 0.6) is 0 Å². The highest BCUT2D eigenvalue weighted by Gasteiger charge is 2.23. The maximum Gasteiger partial charge on any atom is 0.262 e. The molecule has 0 heterocycles. The smallest absolute Gasteiger partial charge is 0.262 e. The quantitative estimate of drug-likeness (QED) is 0.855. The van der Waals surface area contributed by atoms with Gasteiger partial charge in [0.1, 0.15) is 4.90 Å². The predicted octanol–water partition coefficient (Wildman–Crippen LogP) is 3.49. The van der Waals surface area contributed by atoms with E-state index in [1.165, 1.54) is 12.1 Å². The summed E-state index contributed by atoms with van der Waals surface area (Å²) < 4.78 is 22.9. The molecule has 20 heavy (non-hydrogen) atoms. The predicted molar refractivity (Wildman–Crippen MR) is 81.1 cm³/mol. The van der Waals surface area contributed by atoms with Crippen LogP contribution in [0, 0.1) is 6.92 Å². The average molecular weight is 338 g/mol. The first-order valence-corrected chi connectivity index (χ1v) is 8.74. The lowest BCUT2D eigenvalue weighted by Crippen LogP contribution is -2.42. The number of aryl methyl sites for hydroxylation is 1. The van der Waals surface area contributed by atoms with Crippen LogP contribution in [0.2, 0.25) is 5.02 Å². The molecule has 0 aliphatic carbocycles. The Hall–Kier alpha value is -0.780. The van der Waals surface area contributed by atoms with Crippen molar-refractivity contribution in [1.29, 1.82) is 0 Å². The van der Waals surface area contributed by atoms with Gasteiger partial charge in [0.15, 0.2) is 0 Å². The number of nitrogens with one attached hydrogen (secondary N) is 1. The van der Waals surface area contributed by atoms with Gasteiger partial charge in [-0.3, -0.25) is 4.79 Å². The van der Waals surface area contributed by atoms with E-state index in [2.05, 4.69) is 5.32 Å². The van der Waals surface area contributed by atoms with Crippen LogP contribution in [-0.4, -0.2) is 19.9 Å². The molecule has 1 aromatic rings. The van der Waals surface area contributed by atoms with Gasteiger partial charge in [-0.25, -0.2) is 8.42 Å². The van der Waals surface area contributed by atoms with Gasteiger partial charge in [0.25, 0.3) is 15.0 Å². The Morgan fingerprint density at radius 1 is 1.35 bits per heavy atom. The molecule has 1 N–H and O–H groups in total. The summed E-state index contributed by atoms with van der Waals surface area (Å²) in [6.07, 6.45) is 0.742. The summed E-state index contributed by atoms with van der Waals surface area (Å²) in [7, 11) is 1.33. The molecule has 0 aliphatic heterocycles. The summed E-state index contributed by atoms with van der Waals surface area (Å²) in [4.78, 5) is 11.9. The number of halogens is 2. The third kappa shape index (κ3) is 4.11. The molecule has 1 rings (SSSR count). The number of benzene rings is 1. The Kier molecular flexibility index (Phi) is 5.11. The van der Waals surface area contributed by atoms with Crippen molar-refractivity contribution in [3.05, 3.63) is 28.3 Å². The van der Waals surface area contributed by atoms with E-state index < -0.39 is 9.05 Å². The Labute approximate surface area is 128 Å². The molecule has 4 nitrogen and oxygen atoms in total. The molecular formula is C13H17Cl2NO3S. The topological polar surface area (TPSA) is 63.2 Å². The zero-order chi connectivity index (χ0) is 15.7. The Morgan fingerprint density at radius 2 is 1.90 bits per heavy atom. The molecule has 0 unspecified atom stereocenters. The number of carbonyl (C=O) groups excluding carboxylic acids is 1. The summed E-state index contributed by atoms with van der Waals surface area (Å²) in [6, 6.07) is 2.73. The zero-order valence-corrected chi connectivity index (χ0v) is 14.1. The summed E-state index contributed by atoms with van der Waals surface area (Å²) in [6.45, 7) is 7.33. The lowest BCUT2D eigenvalue weighted by atomic mass is 10.0. The normalized spacial score (nSPS) is 12.3. The van der Waals surface area contributed by atoms with Crippen molar-refractivity contribution in [2.24, 2.45) is 0 Å². The van der Waals surface area contributed by atoms with Gasteiger partial charge in [0, 0.05) is 21.8 Å². The second-order valence-electron chi connectivity index (χ2n) is 5.23. The van der Waals surface area contributed by atoms with Gasteiger partial charge in [-0.1, -0.05) is 18.5 Å². The van der Waals surface area contributed by atoms with Gasteiger partial charge in [0.2, 0.25) is 0 Å². The van der Waals surface area contributed by atoms with Crippen molar-refractivity contribution < 1.29 is 13.2 Å². The molecule has 1 aromatic carbocycles. The molecule has 0 fully saturated rings. The van der Waals surface area contributed by atoms with Crippen LogP contribution in [0.1, 0.15) is 43.1 Å². The highest BCUT2D eigenvalue weighted by molar-refractivity contribution is 8.13. The van der Waals surface area contributed by atoms with E-state index in [-0.39, 0.29) is 26.9 Å². The lowest BCUT2D eigenvalue weighted by molar-refractivity contribution is 0.0911. The van der Waals surface area contributed by atoms with Crippen LogP contribution >= 0.6 is 22.3 Å². The van der Waals surface area contributed by atoms with Crippen LogP contribution in [0.25, 0.3) is 0 Å². The first-order chi connectivity index (χ1) is 8.98. The second kappa shape index (κ2) is 5.92. The van der Waals surface area contributed by atoms with Gasteiger partial charge >= 0.3 is 0 Å². The number of hydrogen-bond donors (Lipinski definition) is 1. The summed E-state index contributed by atoms with van der Waals surface area (Å²) in [5, 5.41) is 2.86. The van der Waals surface area contributed by atoms with E-state index in [0.29, 0.717) is 5.56 Å². The summed E-state index contributed by atoms with van der Waals surface area (Å²) in [5.74, 6) is -0.363. The molecule has 112 valence electrons. The van der Waals surface area contributed by atoms with E-state index in [0.717, 1.165) is 6.42 Å². The molecule has 0 aromatic heterocycles. The third-order valence-corrected chi connectivity index (χ3v) is 5.04. The number of amides is 1. The fourth-order valence-corrected chi connectivity index (χ4v) is 3.05. The van der Waals surface area contributed by atoms with Crippen LogP contribution in [0.3, 0.4) is 0 Å². The van der Waals surface area contributed by atoms with Crippen LogP contribution in [0.4, 0.5) is 0 Å². The van der Waals surface area contributed by atoms with Gasteiger partial charge in [-0.2, -0.15) is 0 Å². The van der Waals surface area contributed by atoms with Crippen molar-refractivity contribution in [2.45, 2.75) is 44.6 Å². The maximum atomic E-state index is 12.2. The van der Waals surface area contributed by atoms with E-state index in [9.17, 15) is 13.2 Å². The van der Waals surface area contributed by atoms with E-state index >= 15 is 0 Å². The lowest BCUT2D eigenvalue weighted by Gasteiger charge is -2.24. The molecule has 0 bridgehead atoms. The summed E-state index contributed by atoms with van der Waals surface area (Å²) >= 11 is 5.92. The molecule has 0 saturated carbocycles. The molecule has 0 radical (unpaired) electrons. The number of carbonyl (C=O) groups is 1. The highest BCUT2D eigenvalue weighted by Crippen LogP contribution is 2.29. The molecule has 7 heteroatoms. The molecule has 0 aliphatic rings. The van der Waals surface area contributed by atoms with Gasteiger partial charge in [-0.15, -0.1) is 0 Å². The van der Waals surface area contributed by atoms with Crippen molar-refractivity contribution in [3.8, 4) is 0 Å². The molecule has 0 saturated heterocycles. The monoisotopic (exact) mass is 337 g/mol. The summed E-state index contributed by atoms with van der Waals surface area (Å²) in [5.41, 5.74) is 0.311. The highest BCUT2D eigenvalue weighted by atomic mass is 35.7. The molecule has 1 amide bonds. The first kappa shape index (κ1) is 17.3. The van der Waals surface area contributed by atoms with E-state index in [1.54, 1.807) is 6.92 Å². The number of rotatable bonds is 4. The van der Waals surface area contributed by atoms with Crippen molar-refractivity contribution in [1.82, 2.24) is 5.32 Å². The fourth-order valence-electron chi connectivity index (χ4n) is 1.51. The third-order valence-electron chi connectivity index (χ3n) is 3.08. The standard InChI is InChI=1S/C13H17Cl2NO3S/c1-5-13(3,4)16-12(17)9-6-8(2)11(14)10(7-9)20(15,18)19/h6-7H,5H2,1-4H3,(H,16,17). The van der Waals surface area contributed by atoms with E-state index in [1.807, 2.05) is 20.8 Å². The van der Waals surface area contributed by atoms with Gasteiger partial charge < -0.3 is 5.32 Å². The largest absolute Gasteiger partial charge is 0.347 e. The van der Waals surface area contributed by atoms with Gasteiger partial charge in [0.05, 0.1) is 5.02 Å². The molecule has 0 spiro atoms. The Morgan fingerprint density at radius 3 is 2.35 bits per heavy atom. The number of hydrogen-bond acceptors (Lipinski definition) is 3.